The second-order valence-corrected chi connectivity index (χ2v) is 6.02. The summed E-state index contributed by atoms with van der Waals surface area (Å²) >= 11 is 0. The Kier molecular flexibility index (Phi) is 4.67. The van der Waals surface area contributed by atoms with Crippen LogP contribution in [-0.2, 0) is 9.47 Å². The number of benzene rings is 1. The first kappa shape index (κ1) is 16.9. The maximum atomic E-state index is 9.60. The van der Waals surface area contributed by atoms with Gasteiger partial charge in [0.25, 0.3) is 0 Å². The summed E-state index contributed by atoms with van der Waals surface area (Å²) in [5.74, 6) is -0.588. The summed E-state index contributed by atoms with van der Waals surface area (Å²) < 4.78 is 16.9. The van der Waals surface area contributed by atoms with Crippen molar-refractivity contribution in [3.05, 3.63) is 47.5 Å². The van der Waals surface area contributed by atoms with Crippen LogP contribution in [0.5, 0.6) is 5.88 Å². The van der Waals surface area contributed by atoms with Crippen LogP contribution in [0, 0.1) is 22.7 Å². The molecule has 0 aliphatic carbocycles. The average Bonchev–Trinajstić information content (AvgIpc) is 2.99. The Labute approximate surface area is 146 Å². The highest BCUT2D eigenvalue weighted by Crippen LogP contribution is 2.38. The highest BCUT2D eigenvalue weighted by molar-refractivity contribution is 5.63. The zero-order valence-corrected chi connectivity index (χ0v) is 14.0. The van der Waals surface area contributed by atoms with Gasteiger partial charge in [0.15, 0.2) is 12.4 Å². The molecule has 126 valence electrons. The molecule has 1 aromatic heterocycles. The molecule has 0 bridgehead atoms. The average molecular weight is 335 g/mol. The lowest BCUT2D eigenvalue weighted by atomic mass is 10.0. The Morgan fingerprint density at radius 3 is 2.64 bits per heavy atom. The van der Waals surface area contributed by atoms with E-state index in [1.54, 1.807) is 0 Å². The molecule has 0 N–H and O–H groups in total. The van der Waals surface area contributed by atoms with Crippen molar-refractivity contribution in [2.24, 2.45) is 0 Å². The zero-order chi connectivity index (χ0) is 17.9. The van der Waals surface area contributed by atoms with Crippen LogP contribution in [0.2, 0.25) is 0 Å². The number of hydrogen-bond acceptors (Lipinski definition) is 6. The Morgan fingerprint density at radius 2 is 2.04 bits per heavy atom. The quantitative estimate of drug-likeness (QED) is 0.851. The van der Waals surface area contributed by atoms with Crippen LogP contribution >= 0.6 is 0 Å². The van der Waals surface area contributed by atoms with Crippen molar-refractivity contribution in [1.29, 1.82) is 10.5 Å². The molecule has 2 aromatic rings. The van der Waals surface area contributed by atoms with Crippen LogP contribution in [0.15, 0.2) is 36.4 Å². The molecule has 1 fully saturated rings. The van der Waals surface area contributed by atoms with Crippen molar-refractivity contribution in [2.75, 3.05) is 13.2 Å². The highest BCUT2D eigenvalue weighted by Gasteiger charge is 2.36. The molecule has 1 aliphatic rings. The highest BCUT2D eigenvalue weighted by atomic mass is 16.7. The van der Waals surface area contributed by atoms with Crippen LogP contribution in [0.1, 0.15) is 31.1 Å². The number of rotatable bonds is 4. The van der Waals surface area contributed by atoms with Crippen molar-refractivity contribution in [1.82, 2.24) is 4.98 Å². The van der Waals surface area contributed by atoms with Crippen molar-refractivity contribution in [3.63, 3.8) is 0 Å². The van der Waals surface area contributed by atoms with Crippen molar-refractivity contribution in [3.8, 4) is 29.3 Å². The number of ether oxygens (including phenoxy) is 3. The van der Waals surface area contributed by atoms with Gasteiger partial charge in [-0.15, -0.1) is 0 Å². The second-order valence-electron chi connectivity index (χ2n) is 6.02. The summed E-state index contributed by atoms with van der Waals surface area (Å²) in [7, 11) is 0. The van der Waals surface area contributed by atoms with Crippen LogP contribution < -0.4 is 4.74 Å². The molecule has 0 saturated carbocycles. The third-order valence-electron chi connectivity index (χ3n) is 3.83. The third-order valence-corrected chi connectivity index (χ3v) is 3.83. The molecule has 1 aromatic carbocycles. The van der Waals surface area contributed by atoms with Gasteiger partial charge in [0.1, 0.15) is 23.8 Å². The molecule has 3 rings (SSSR count). The van der Waals surface area contributed by atoms with Crippen LogP contribution in [0.3, 0.4) is 0 Å². The monoisotopic (exact) mass is 335 g/mol. The minimum absolute atomic E-state index is 0.133. The fourth-order valence-electron chi connectivity index (χ4n) is 2.71. The van der Waals surface area contributed by atoms with E-state index in [2.05, 4.69) is 11.1 Å². The van der Waals surface area contributed by atoms with Gasteiger partial charge < -0.3 is 14.2 Å². The molecule has 0 amide bonds. The lowest BCUT2D eigenvalue weighted by Gasteiger charge is -2.19. The summed E-state index contributed by atoms with van der Waals surface area (Å²) in [6.45, 7) is 3.79. The predicted octanol–water partition coefficient (Wildman–Crippen LogP) is 3.35. The first-order valence-electron chi connectivity index (χ1n) is 7.86. The van der Waals surface area contributed by atoms with Gasteiger partial charge in [-0.25, -0.2) is 4.98 Å². The molecular weight excluding hydrogens is 318 g/mol. The predicted molar refractivity (Wildman–Crippen MR) is 89.4 cm³/mol. The van der Waals surface area contributed by atoms with E-state index in [9.17, 15) is 5.26 Å². The van der Waals surface area contributed by atoms with E-state index in [1.165, 1.54) is 0 Å². The van der Waals surface area contributed by atoms with Gasteiger partial charge in [-0.1, -0.05) is 30.3 Å². The SMILES string of the molecule is CC1(C)OCC(c2cc(-c3ccccc3)nc(OCC#N)c2C#N)O1. The summed E-state index contributed by atoms with van der Waals surface area (Å²) in [6, 6.07) is 15.4. The van der Waals surface area contributed by atoms with Crippen LogP contribution in [0.25, 0.3) is 11.3 Å². The van der Waals surface area contributed by atoms with E-state index in [1.807, 2.05) is 56.3 Å². The standard InChI is InChI=1S/C19H17N3O3/c1-19(2)24-12-17(25-19)14-10-16(13-6-4-3-5-7-13)22-18(15(14)11-21)23-9-8-20/h3-7,10,17H,9,12H2,1-2H3. The number of pyridine rings is 1. The van der Waals surface area contributed by atoms with Crippen LogP contribution in [-0.4, -0.2) is 24.0 Å². The van der Waals surface area contributed by atoms with Crippen LogP contribution in [0.4, 0.5) is 0 Å². The lowest BCUT2D eigenvalue weighted by molar-refractivity contribution is -0.139. The number of nitrogens with zero attached hydrogens (tertiary/aromatic N) is 3. The minimum atomic E-state index is -0.721. The van der Waals surface area contributed by atoms with Gasteiger partial charge in [-0.3, -0.25) is 0 Å². The normalized spacial score (nSPS) is 18.3. The maximum Gasteiger partial charge on any atom is 0.233 e. The molecule has 1 aliphatic heterocycles. The summed E-state index contributed by atoms with van der Waals surface area (Å²) in [4.78, 5) is 4.43. The van der Waals surface area contributed by atoms with Crippen molar-refractivity contribution >= 4 is 0 Å². The van der Waals surface area contributed by atoms with E-state index in [0.29, 0.717) is 17.9 Å². The first-order chi connectivity index (χ1) is 12.0. The third kappa shape index (κ3) is 3.61. The fourth-order valence-corrected chi connectivity index (χ4v) is 2.71. The minimum Gasteiger partial charge on any atom is -0.461 e. The van der Waals surface area contributed by atoms with E-state index >= 15 is 0 Å². The second kappa shape index (κ2) is 6.90. The maximum absolute atomic E-state index is 9.60. The van der Waals surface area contributed by atoms with Gasteiger partial charge in [-0.05, 0) is 19.9 Å². The first-order valence-corrected chi connectivity index (χ1v) is 7.86. The summed E-state index contributed by atoms with van der Waals surface area (Å²) in [5.41, 5.74) is 2.44. The van der Waals surface area contributed by atoms with Gasteiger partial charge in [-0.2, -0.15) is 10.5 Å². The summed E-state index contributed by atoms with van der Waals surface area (Å²) in [6.07, 6.45) is -0.403. The number of aromatic nitrogens is 1. The van der Waals surface area contributed by atoms with Gasteiger partial charge in [0, 0.05) is 11.1 Å². The Morgan fingerprint density at radius 1 is 1.28 bits per heavy atom. The smallest absolute Gasteiger partial charge is 0.233 e. The van der Waals surface area contributed by atoms with E-state index in [0.717, 1.165) is 5.56 Å². The Hall–Kier alpha value is -2.93. The molecule has 0 radical (unpaired) electrons. The molecule has 25 heavy (non-hydrogen) atoms. The zero-order valence-electron chi connectivity index (χ0n) is 14.0. The topological polar surface area (TPSA) is 88.2 Å². The molecule has 0 spiro atoms. The van der Waals surface area contributed by atoms with Gasteiger partial charge in [0.05, 0.1) is 12.3 Å². The van der Waals surface area contributed by atoms with Gasteiger partial charge in [0.2, 0.25) is 5.88 Å². The Bertz CT molecular complexity index is 851. The Balaban J connectivity index is 2.11. The van der Waals surface area contributed by atoms with Gasteiger partial charge >= 0.3 is 0 Å². The lowest BCUT2D eigenvalue weighted by Crippen LogP contribution is -2.20. The summed E-state index contributed by atoms with van der Waals surface area (Å²) in [5, 5.41) is 18.4. The van der Waals surface area contributed by atoms with E-state index in [4.69, 9.17) is 19.5 Å². The van der Waals surface area contributed by atoms with E-state index in [-0.39, 0.29) is 18.1 Å². The fraction of sp³-hybridized carbons (Fsp3) is 0.316. The van der Waals surface area contributed by atoms with E-state index < -0.39 is 11.9 Å². The largest absolute Gasteiger partial charge is 0.461 e. The van der Waals surface area contributed by atoms with Crippen molar-refractivity contribution < 1.29 is 14.2 Å². The number of hydrogen-bond donors (Lipinski definition) is 0. The molecule has 1 unspecified atom stereocenters. The molecular formula is C19H17N3O3. The molecule has 2 heterocycles. The van der Waals surface area contributed by atoms with Crippen molar-refractivity contribution in [2.45, 2.75) is 25.7 Å². The molecule has 6 heteroatoms. The molecule has 1 atom stereocenters. The molecule has 6 nitrogen and oxygen atoms in total. The number of nitriles is 2. The molecule has 1 saturated heterocycles.